The second kappa shape index (κ2) is 8.58. The molecule has 0 aromatic heterocycles. The summed E-state index contributed by atoms with van der Waals surface area (Å²) in [5.74, 6) is 0.660. The maximum absolute atomic E-state index is 10.4. The van der Waals surface area contributed by atoms with Gasteiger partial charge >= 0.3 is 0 Å². The summed E-state index contributed by atoms with van der Waals surface area (Å²) in [7, 11) is 0. The predicted molar refractivity (Wildman–Crippen MR) is 118 cm³/mol. The van der Waals surface area contributed by atoms with Crippen LogP contribution in [-0.4, -0.2) is 106 Å². The van der Waals surface area contributed by atoms with Crippen molar-refractivity contribution in [3.8, 4) is 0 Å². The molecule has 1 saturated carbocycles. The maximum atomic E-state index is 10.4. The maximum Gasteiger partial charge on any atom is 0.201 e. The van der Waals surface area contributed by atoms with Crippen molar-refractivity contribution in [3.05, 3.63) is 0 Å². The van der Waals surface area contributed by atoms with Crippen LogP contribution in [0.25, 0.3) is 0 Å². The normalized spacial score (nSPS) is 56.3. The fourth-order valence-corrected chi connectivity index (χ4v) is 7.73. The van der Waals surface area contributed by atoms with Gasteiger partial charge in [0.15, 0.2) is 11.9 Å². The summed E-state index contributed by atoms with van der Waals surface area (Å²) < 4.78 is 19.0. The van der Waals surface area contributed by atoms with Crippen molar-refractivity contribution in [2.45, 2.75) is 94.9 Å². The average molecular weight is 485 g/mol. The van der Waals surface area contributed by atoms with Crippen LogP contribution in [0.1, 0.15) is 46.5 Å². The van der Waals surface area contributed by atoms with Gasteiger partial charge in [-0.3, -0.25) is 9.80 Å². The van der Waals surface area contributed by atoms with Crippen molar-refractivity contribution in [3.63, 3.8) is 0 Å². The molecule has 12 atom stereocenters. The van der Waals surface area contributed by atoms with Crippen LogP contribution in [0.5, 0.6) is 0 Å². The number of fused-ring (bicyclic) bond motifs is 2. The summed E-state index contributed by atoms with van der Waals surface area (Å²) in [5.41, 5.74) is -0.553. The van der Waals surface area contributed by atoms with Gasteiger partial charge in [0, 0.05) is 44.4 Å². The van der Waals surface area contributed by atoms with E-state index in [0.717, 1.165) is 32.4 Å². The van der Waals surface area contributed by atoms with Gasteiger partial charge in [0.2, 0.25) is 5.79 Å². The van der Waals surface area contributed by atoms with Crippen molar-refractivity contribution < 1.29 is 39.3 Å². The molecular formula is C24H40N2O8. The molecule has 6 heterocycles. The molecule has 3 N–H and O–H groups in total. The molecule has 1 aliphatic carbocycles. The van der Waals surface area contributed by atoms with Gasteiger partial charge < -0.3 is 29.5 Å². The highest BCUT2D eigenvalue weighted by molar-refractivity contribution is 5.10. The molecule has 10 heteroatoms. The van der Waals surface area contributed by atoms with Gasteiger partial charge in [-0.1, -0.05) is 13.8 Å². The summed E-state index contributed by atoms with van der Waals surface area (Å²) in [6.45, 7) is 9.10. The minimum atomic E-state index is -1.07. The van der Waals surface area contributed by atoms with Crippen LogP contribution >= 0.6 is 0 Å². The molecule has 6 aliphatic heterocycles. The topological polar surface area (TPSA) is 113 Å². The zero-order valence-electron chi connectivity index (χ0n) is 20.4. The SMILES string of the molecule is C[C@H]1[C@H](N2CCN([C@@H]3O[C@H](CO)[C@H](O)[C@H]3O)CC2)O[C@@H]2O[C@]3(C)CC[C@H]4[C@H](C)CC[C@@H]1[C@@]24OO3. The van der Waals surface area contributed by atoms with Crippen LogP contribution in [0.2, 0.25) is 0 Å². The third-order valence-electron chi connectivity index (χ3n) is 9.71. The molecule has 7 rings (SSSR count). The summed E-state index contributed by atoms with van der Waals surface area (Å²) in [4.78, 5) is 16.6. The second-order valence-corrected chi connectivity index (χ2v) is 11.6. The highest BCUT2D eigenvalue weighted by Gasteiger charge is 2.69. The van der Waals surface area contributed by atoms with Crippen molar-refractivity contribution in [1.29, 1.82) is 0 Å². The van der Waals surface area contributed by atoms with Gasteiger partial charge in [-0.05, 0) is 38.0 Å². The van der Waals surface area contributed by atoms with E-state index in [1.165, 1.54) is 6.42 Å². The van der Waals surface area contributed by atoms with Gasteiger partial charge in [0.1, 0.15) is 30.8 Å². The lowest BCUT2D eigenvalue weighted by Gasteiger charge is -2.61. The summed E-state index contributed by atoms with van der Waals surface area (Å²) in [5, 5.41) is 30.0. The Kier molecular flexibility index (Phi) is 6.05. The Bertz CT molecular complexity index is 767. The molecule has 7 aliphatic rings. The first-order valence-electron chi connectivity index (χ1n) is 13.1. The predicted octanol–water partition coefficient (Wildman–Crippen LogP) is 0.251. The third kappa shape index (κ3) is 3.45. The van der Waals surface area contributed by atoms with Crippen molar-refractivity contribution in [2.24, 2.45) is 23.7 Å². The molecule has 0 radical (unpaired) electrons. The Morgan fingerprint density at radius 2 is 1.56 bits per heavy atom. The van der Waals surface area contributed by atoms with Gasteiger partial charge in [0.05, 0.1) is 6.61 Å². The van der Waals surface area contributed by atoms with Gasteiger partial charge in [0.25, 0.3) is 0 Å². The zero-order chi connectivity index (χ0) is 23.8. The first-order valence-corrected chi connectivity index (χ1v) is 13.1. The first kappa shape index (κ1) is 24.0. The number of piperazine rings is 1. The van der Waals surface area contributed by atoms with Gasteiger partial charge in [-0.25, -0.2) is 9.78 Å². The van der Waals surface area contributed by atoms with Crippen molar-refractivity contribution in [1.82, 2.24) is 9.80 Å². The van der Waals surface area contributed by atoms with E-state index in [0.29, 0.717) is 30.8 Å². The summed E-state index contributed by atoms with van der Waals surface area (Å²) >= 11 is 0. The number of rotatable bonds is 3. The quantitative estimate of drug-likeness (QED) is 0.482. The molecule has 0 aromatic carbocycles. The molecule has 0 amide bonds. The molecule has 2 bridgehead atoms. The second-order valence-electron chi connectivity index (χ2n) is 11.6. The van der Waals surface area contributed by atoms with Crippen LogP contribution in [0.4, 0.5) is 0 Å². The van der Waals surface area contributed by atoms with E-state index in [9.17, 15) is 15.3 Å². The Morgan fingerprint density at radius 3 is 2.24 bits per heavy atom. The first-order chi connectivity index (χ1) is 16.3. The third-order valence-corrected chi connectivity index (χ3v) is 9.71. The lowest BCUT2D eigenvalue weighted by atomic mass is 9.58. The molecular weight excluding hydrogens is 444 g/mol. The standard InChI is InChI=1S/C24H40N2O8/c1-13-4-5-16-14(2)20(31-22-24(16)15(13)6-7-23(3,32-22)33-34-24)25-8-10-26(11-9-25)21-19(29)18(28)17(12-27)30-21/h13-22,27-29H,4-12H2,1-3H3/t13-,14-,15+,16+,17-,18+,19-,20-,21-,22-,23+,24-/m1/s1. The van der Waals surface area contributed by atoms with Crippen LogP contribution < -0.4 is 0 Å². The van der Waals surface area contributed by atoms with Crippen LogP contribution in [0.3, 0.4) is 0 Å². The Balaban J connectivity index is 1.18. The number of aliphatic hydroxyl groups excluding tert-OH is 3. The number of aliphatic hydroxyl groups is 3. The number of ether oxygens (including phenoxy) is 3. The lowest BCUT2D eigenvalue weighted by Crippen LogP contribution is -2.72. The average Bonchev–Trinajstić information content (AvgIpc) is 2.96. The van der Waals surface area contributed by atoms with Crippen LogP contribution in [0, 0.1) is 23.7 Å². The fourth-order valence-electron chi connectivity index (χ4n) is 7.73. The largest absolute Gasteiger partial charge is 0.394 e. The lowest BCUT2D eigenvalue weighted by molar-refractivity contribution is -0.574. The number of hydrogen-bond donors (Lipinski definition) is 3. The minimum absolute atomic E-state index is 0.0893. The Hall–Kier alpha value is -0.400. The van der Waals surface area contributed by atoms with Crippen LogP contribution in [-0.2, 0) is 24.0 Å². The smallest absolute Gasteiger partial charge is 0.201 e. The highest BCUT2D eigenvalue weighted by Crippen LogP contribution is 2.60. The number of nitrogens with zero attached hydrogens (tertiary/aromatic N) is 2. The van der Waals surface area contributed by atoms with Crippen molar-refractivity contribution in [2.75, 3.05) is 32.8 Å². The monoisotopic (exact) mass is 484 g/mol. The van der Waals surface area contributed by atoms with Crippen molar-refractivity contribution >= 4 is 0 Å². The van der Waals surface area contributed by atoms with E-state index in [1.807, 2.05) is 6.92 Å². The molecule has 7 fully saturated rings. The van der Waals surface area contributed by atoms with E-state index in [4.69, 9.17) is 24.0 Å². The summed E-state index contributed by atoms with van der Waals surface area (Å²) in [6, 6.07) is 0. The molecule has 0 aromatic rings. The minimum Gasteiger partial charge on any atom is -0.394 e. The molecule has 1 spiro atoms. The van der Waals surface area contributed by atoms with E-state index < -0.39 is 42.2 Å². The zero-order valence-corrected chi connectivity index (χ0v) is 20.4. The molecule has 6 saturated heterocycles. The Morgan fingerprint density at radius 1 is 0.853 bits per heavy atom. The van der Waals surface area contributed by atoms with Gasteiger partial charge in [-0.15, -0.1) is 0 Å². The number of hydrogen-bond acceptors (Lipinski definition) is 10. The fraction of sp³-hybridized carbons (Fsp3) is 1.00. The summed E-state index contributed by atoms with van der Waals surface area (Å²) in [6.07, 6.45) is 0.0907. The van der Waals surface area contributed by atoms with Crippen LogP contribution in [0.15, 0.2) is 0 Å². The molecule has 34 heavy (non-hydrogen) atoms. The highest BCUT2D eigenvalue weighted by atomic mass is 17.3. The Labute approximate surface area is 200 Å². The van der Waals surface area contributed by atoms with E-state index in [-0.39, 0.29) is 18.8 Å². The van der Waals surface area contributed by atoms with E-state index in [2.05, 4.69) is 23.6 Å². The van der Waals surface area contributed by atoms with Gasteiger partial charge in [-0.2, -0.15) is 0 Å². The molecule has 194 valence electrons. The molecule has 0 unspecified atom stereocenters. The van der Waals surface area contributed by atoms with E-state index >= 15 is 0 Å². The molecule has 10 nitrogen and oxygen atoms in total. The van der Waals surface area contributed by atoms with E-state index in [1.54, 1.807) is 0 Å².